The van der Waals surface area contributed by atoms with E-state index in [-0.39, 0.29) is 6.54 Å². The zero-order valence-corrected chi connectivity index (χ0v) is 9.23. The van der Waals surface area contributed by atoms with Crippen LogP contribution in [0.5, 0.6) is 0 Å². The molecule has 0 fully saturated rings. The summed E-state index contributed by atoms with van der Waals surface area (Å²) in [7, 11) is 0. The van der Waals surface area contributed by atoms with Crippen LogP contribution in [-0.2, 0) is 11.0 Å². The van der Waals surface area contributed by atoms with Gasteiger partial charge in [-0.05, 0) is 18.2 Å². The normalized spacial score (nSPS) is 19.4. The highest BCUT2D eigenvalue weighted by Gasteiger charge is 2.33. The van der Waals surface area contributed by atoms with Crippen LogP contribution in [-0.4, -0.2) is 22.9 Å². The van der Waals surface area contributed by atoms with Crippen LogP contribution in [0, 0.1) is 0 Å². The molecule has 0 saturated carbocycles. The van der Waals surface area contributed by atoms with Crippen molar-refractivity contribution in [3.63, 3.8) is 0 Å². The van der Waals surface area contributed by atoms with E-state index in [4.69, 9.17) is 5.11 Å². The zero-order valence-electron chi connectivity index (χ0n) is 8.41. The minimum Gasteiger partial charge on any atom is -0.480 e. The third-order valence-electron chi connectivity index (χ3n) is 2.33. The van der Waals surface area contributed by atoms with Gasteiger partial charge in [0.15, 0.2) is 0 Å². The van der Waals surface area contributed by atoms with Crippen LogP contribution in [0.25, 0.3) is 0 Å². The van der Waals surface area contributed by atoms with Crippen LogP contribution < -0.4 is 5.32 Å². The summed E-state index contributed by atoms with van der Waals surface area (Å²) in [5.74, 6) is -1.04. The van der Waals surface area contributed by atoms with E-state index in [9.17, 15) is 18.0 Å². The van der Waals surface area contributed by atoms with Crippen LogP contribution in [0.2, 0.25) is 0 Å². The number of carboxylic acid groups (broad SMARTS) is 1. The van der Waals surface area contributed by atoms with Crippen LogP contribution in [0.1, 0.15) is 5.56 Å². The molecule has 0 aromatic heterocycles. The maximum atomic E-state index is 12.5. The van der Waals surface area contributed by atoms with E-state index in [0.717, 1.165) is 23.9 Å². The second-order valence-corrected chi connectivity index (χ2v) is 4.78. The van der Waals surface area contributed by atoms with Gasteiger partial charge in [-0.25, -0.2) is 0 Å². The Morgan fingerprint density at radius 1 is 1.47 bits per heavy atom. The predicted molar refractivity (Wildman–Crippen MR) is 57.2 cm³/mol. The number of hydrogen-bond donors (Lipinski definition) is 2. The van der Waals surface area contributed by atoms with Gasteiger partial charge in [0.05, 0.1) is 5.56 Å². The largest absolute Gasteiger partial charge is 0.480 e. The molecule has 0 aliphatic carbocycles. The number of alkyl halides is 3. The number of benzene rings is 1. The second kappa shape index (κ2) is 4.14. The molecule has 0 bridgehead atoms. The lowest BCUT2D eigenvalue weighted by Crippen LogP contribution is -2.28. The van der Waals surface area contributed by atoms with E-state index >= 15 is 0 Å². The fraction of sp³-hybridized carbons (Fsp3) is 0.300. The fourth-order valence-corrected chi connectivity index (χ4v) is 2.51. The molecule has 0 radical (unpaired) electrons. The topological polar surface area (TPSA) is 49.3 Å². The van der Waals surface area contributed by atoms with Crippen LogP contribution >= 0.6 is 11.8 Å². The smallest absolute Gasteiger partial charge is 0.416 e. The molecule has 0 amide bonds. The van der Waals surface area contributed by atoms with Crippen molar-refractivity contribution >= 4 is 23.4 Å². The fourth-order valence-electron chi connectivity index (χ4n) is 1.48. The summed E-state index contributed by atoms with van der Waals surface area (Å²) in [4.78, 5) is 11.1. The summed E-state index contributed by atoms with van der Waals surface area (Å²) in [6.45, 7) is 0.207. The van der Waals surface area contributed by atoms with Crippen molar-refractivity contribution in [2.45, 2.75) is 16.3 Å². The van der Waals surface area contributed by atoms with Crippen LogP contribution in [0.4, 0.5) is 18.9 Å². The predicted octanol–water partition coefficient (Wildman–Crippen LogP) is 2.68. The Labute approximate surface area is 99.0 Å². The molecular weight excluding hydrogens is 255 g/mol. The molecular formula is C10H8F3NO2S. The Morgan fingerprint density at radius 2 is 2.18 bits per heavy atom. The van der Waals surface area contributed by atoms with Gasteiger partial charge in [0.25, 0.3) is 0 Å². The third kappa shape index (κ3) is 2.49. The Bertz CT molecular complexity index is 461. The van der Waals surface area contributed by atoms with Crippen LogP contribution in [0.15, 0.2) is 23.1 Å². The van der Waals surface area contributed by atoms with Gasteiger partial charge in [-0.3, -0.25) is 4.79 Å². The quantitative estimate of drug-likeness (QED) is 0.817. The molecule has 17 heavy (non-hydrogen) atoms. The minimum absolute atomic E-state index is 0.207. The van der Waals surface area contributed by atoms with Gasteiger partial charge in [-0.15, -0.1) is 11.8 Å². The van der Waals surface area contributed by atoms with Crippen molar-refractivity contribution in [3.05, 3.63) is 23.8 Å². The summed E-state index contributed by atoms with van der Waals surface area (Å²) in [6.07, 6.45) is -4.41. The Hall–Kier alpha value is -1.37. The van der Waals surface area contributed by atoms with Crippen molar-refractivity contribution in [3.8, 4) is 0 Å². The average Bonchev–Trinajstić information content (AvgIpc) is 2.26. The molecule has 1 aliphatic rings. The molecule has 2 rings (SSSR count). The summed E-state index contributed by atoms with van der Waals surface area (Å²) in [5, 5.41) is 10.9. The number of carboxylic acids is 1. The highest BCUT2D eigenvalue weighted by molar-refractivity contribution is 8.00. The summed E-state index contributed by atoms with van der Waals surface area (Å²) in [6, 6.07) is 3.28. The summed E-state index contributed by atoms with van der Waals surface area (Å²) >= 11 is 0.933. The molecule has 3 nitrogen and oxygen atoms in total. The first-order valence-electron chi connectivity index (χ1n) is 4.72. The SMILES string of the molecule is O=C(O)C1CNc2ccc(C(F)(F)F)cc2S1. The van der Waals surface area contributed by atoms with Gasteiger partial charge in [0, 0.05) is 17.1 Å². The van der Waals surface area contributed by atoms with Gasteiger partial charge in [0.1, 0.15) is 5.25 Å². The summed E-state index contributed by atoms with van der Waals surface area (Å²) in [5.41, 5.74) is -0.225. The maximum Gasteiger partial charge on any atom is 0.416 e. The first-order valence-corrected chi connectivity index (χ1v) is 5.60. The van der Waals surface area contributed by atoms with Gasteiger partial charge >= 0.3 is 12.1 Å². The Kier molecular flexibility index (Phi) is 2.94. The number of fused-ring (bicyclic) bond motifs is 1. The van der Waals surface area contributed by atoms with E-state index in [1.807, 2.05) is 0 Å². The number of nitrogens with one attached hydrogen (secondary N) is 1. The molecule has 7 heteroatoms. The van der Waals surface area contributed by atoms with Crippen molar-refractivity contribution in [1.29, 1.82) is 0 Å². The first kappa shape index (κ1) is 12.1. The number of aliphatic carboxylic acids is 1. The van der Waals surface area contributed by atoms with E-state index < -0.39 is 23.0 Å². The van der Waals surface area contributed by atoms with Gasteiger partial charge in [-0.1, -0.05) is 0 Å². The first-order chi connectivity index (χ1) is 7.88. The van der Waals surface area contributed by atoms with E-state index in [2.05, 4.69) is 5.32 Å². The molecule has 1 aromatic rings. The molecule has 1 unspecified atom stereocenters. The molecule has 0 spiro atoms. The number of rotatable bonds is 1. The molecule has 1 atom stereocenters. The maximum absolute atomic E-state index is 12.5. The Morgan fingerprint density at radius 3 is 2.76 bits per heavy atom. The number of carbonyl (C=O) groups is 1. The number of anilines is 1. The van der Waals surface area contributed by atoms with Crippen LogP contribution in [0.3, 0.4) is 0 Å². The highest BCUT2D eigenvalue weighted by atomic mass is 32.2. The van der Waals surface area contributed by atoms with Gasteiger partial charge < -0.3 is 10.4 Å². The molecule has 1 aromatic carbocycles. The lowest BCUT2D eigenvalue weighted by molar-refractivity contribution is -0.138. The van der Waals surface area contributed by atoms with Crippen molar-refractivity contribution in [1.82, 2.24) is 0 Å². The Balaban J connectivity index is 2.32. The molecule has 0 saturated heterocycles. The standard InChI is InChI=1S/C10H8F3NO2S/c11-10(12,13)5-1-2-6-7(3-5)17-8(4-14-6)9(15)16/h1-3,8,14H,4H2,(H,15,16). The molecule has 1 aliphatic heterocycles. The molecule has 92 valence electrons. The van der Waals surface area contributed by atoms with Crippen molar-refractivity contribution < 1.29 is 23.1 Å². The van der Waals surface area contributed by atoms with E-state index in [1.54, 1.807) is 0 Å². The van der Waals surface area contributed by atoms with E-state index in [1.165, 1.54) is 6.07 Å². The van der Waals surface area contributed by atoms with Crippen molar-refractivity contribution in [2.24, 2.45) is 0 Å². The average molecular weight is 263 g/mol. The second-order valence-electron chi connectivity index (χ2n) is 3.53. The van der Waals surface area contributed by atoms with Crippen molar-refractivity contribution in [2.75, 3.05) is 11.9 Å². The monoisotopic (exact) mass is 263 g/mol. The minimum atomic E-state index is -4.41. The third-order valence-corrected chi connectivity index (χ3v) is 3.58. The van der Waals surface area contributed by atoms with Gasteiger partial charge in [0.2, 0.25) is 0 Å². The van der Waals surface area contributed by atoms with E-state index in [0.29, 0.717) is 10.6 Å². The lowest BCUT2D eigenvalue weighted by Gasteiger charge is -2.23. The number of halogens is 3. The highest BCUT2D eigenvalue weighted by Crippen LogP contribution is 2.39. The molecule has 1 heterocycles. The van der Waals surface area contributed by atoms with Gasteiger partial charge in [-0.2, -0.15) is 13.2 Å². The number of thioether (sulfide) groups is 1. The summed E-state index contributed by atoms with van der Waals surface area (Å²) < 4.78 is 37.4. The zero-order chi connectivity index (χ0) is 12.6. The lowest BCUT2D eigenvalue weighted by atomic mass is 10.2. The molecule has 2 N–H and O–H groups in total. The number of hydrogen-bond acceptors (Lipinski definition) is 3.